The van der Waals surface area contributed by atoms with Crippen molar-refractivity contribution >= 4 is 5.91 Å². The van der Waals surface area contributed by atoms with E-state index in [-0.39, 0.29) is 17.9 Å². The Morgan fingerprint density at radius 2 is 1.86 bits per heavy atom. The highest BCUT2D eigenvalue weighted by Crippen LogP contribution is 2.17. The van der Waals surface area contributed by atoms with E-state index in [0.29, 0.717) is 0 Å². The van der Waals surface area contributed by atoms with Crippen molar-refractivity contribution in [1.82, 2.24) is 9.80 Å². The molecule has 2 aliphatic rings. The maximum Gasteiger partial charge on any atom is 0.239 e. The van der Waals surface area contributed by atoms with E-state index in [9.17, 15) is 4.79 Å². The number of carbonyl (C=O) groups is 1. The molecule has 21 heavy (non-hydrogen) atoms. The molecule has 122 valence electrons. The van der Waals surface area contributed by atoms with Gasteiger partial charge in [0, 0.05) is 45.9 Å². The number of carbonyl (C=O) groups excluding carboxylic acids is 1. The Bertz CT molecular complexity index is 323. The van der Waals surface area contributed by atoms with Crippen LogP contribution in [0.4, 0.5) is 0 Å². The SMILES string of the molecule is CCC(C)C(N)C(=O)N1CCN(CC2CCOCC2)CC1. The molecule has 2 saturated heterocycles. The van der Waals surface area contributed by atoms with Gasteiger partial charge < -0.3 is 15.4 Å². The Morgan fingerprint density at radius 3 is 2.43 bits per heavy atom. The molecule has 2 N–H and O–H groups in total. The summed E-state index contributed by atoms with van der Waals surface area (Å²) in [5.74, 6) is 1.16. The number of nitrogens with two attached hydrogens (primary N) is 1. The zero-order chi connectivity index (χ0) is 15.2. The fourth-order valence-corrected chi connectivity index (χ4v) is 3.15. The minimum absolute atomic E-state index is 0.134. The number of hydrogen-bond donors (Lipinski definition) is 1. The van der Waals surface area contributed by atoms with Crippen LogP contribution < -0.4 is 5.73 Å². The van der Waals surface area contributed by atoms with Crippen LogP contribution in [0.15, 0.2) is 0 Å². The molecule has 1 amide bonds. The first-order valence-corrected chi connectivity index (χ1v) is 8.46. The molecule has 2 unspecified atom stereocenters. The molecule has 2 aliphatic heterocycles. The Balaban J connectivity index is 1.73. The highest BCUT2D eigenvalue weighted by atomic mass is 16.5. The topological polar surface area (TPSA) is 58.8 Å². The van der Waals surface area contributed by atoms with Crippen LogP contribution in [0.25, 0.3) is 0 Å². The minimum Gasteiger partial charge on any atom is -0.381 e. The molecule has 0 aromatic heterocycles. The second-order valence-corrected chi connectivity index (χ2v) is 6.59. The molecule has 5 nitrogen and oxygen atoms in total. The summed E-state index contributed by atoms with van der Waals surface area (Å²) in [6.07, 6.45) is 3.31. The second-order valence-electron chi connectivity index (χ2n) is 6.59. The molecule has 2 rings (SSSR count). The predicted octanol–water partition coefficient (Wildman–Crippen LogP) is 0.931. The molecule has 0 bridgehead atoms. The fraction of sp³-hybridized carbons (Fsp3) is 0.938. The number of piperazine rings is 1. The molecular formula is C16H31N3O2. The van der Waals surface area contributed by atoms with Crippen molar-refractivity contribution in [3.63, 3.8) is 0 Å². The van der Waals surface area contributed by atoms with E-state index in [1.807, 2.05) is 4.90 Å². The minimum atomic E-state index is -0.336. The smallest absolute Gasteiger partial charge is 0.239 e. The Morgan fingerprint density at radius 1 is 1.24 bits per heavy atom. The van der Waals surface area contributed by atoms with Gasteiger partial charge in [0.2, 0.25) is 5.91 Å². The van der Waals surface area contributed by atoms with E-state index >= 15 is 0 Å². The third-order valence-electron chi connectivity index (χ3n) is 5.08. The number of ether oxygens (including phenoxy) is 1. The standard InChI is InChI=1S/C16H31N3O2/c1-3-13(2)15(17)16(20)19-8-6-18(7-9-19)12-14-4-10-21-11-5-14/h13-15H,3-12,17H2,1-2H3. The molecular weight excluding hydrogens is 266 g/mol. The van der Waals surface area contributed by atoms with Crippen LogP contribution in [-0.2, 0) is 9.53 Å². The van der Waals surface area contributed by atoms with Crippen molar-refractivity contribution in [2.75, 3.05) is 45.9 Å². The van der Waals surface area contributed by atoms with Gasteiger partial charge in [0.05, 0.1) is 6.04 Å². The van der Waals surface area contributed by atoms with Crippen LogP contribution in [-0.4, -0.2) is 67.7 Å². The maximum absolute atomic E-state index is 12.4. The molecule has 2 fully saturated rings. The van der Waals surface area contributed by atoms with Gasteiger partial charge >= 0.3 is 0 Å². The van der Waals surface area contributed by atoms with Gasteiger partial charge in [0.15, 0.2) is 0 Å². The van der Waals surface area contributed by atoms with Gasteiger partial charge in [0.1, 0.15) is 0 Å². The molecule has 0 aromatic rings. The van der Waals surface area contributed by atoms with E-state index < -0.39 is 0 Å². The summed E-state index contributed by atoms with van der Waals surface area (Å²) < 4.78 is 5.41. The van der Waals surface area contributed by atoms with E-state index in [0.717, 1.165) is 58.3 Å². The van der Waals surface area contributed by atoms with Gasteiger partial charge in [-0.2, -0.15) is 0 Å². The van der Waals surface area contributed by atoms with Crippen LogP contribution in [0.3, 0.4) is 0 Å². The molecule has 2 atom stereocenters. The van der Waals surface area contributed by atoms with Crippen LogP contribution >= 0.6 is 0 Å². The van der Waals surface area contributed by atoms with E-state index in [4.69, 9.17) is 10.5 Å². The first kappa shape index (κ1) is 16.7. The summed E-state index contributed by atoms with van der Waals surface area (Å²) in [4.78, 5) is 16.8. The number of hydrogen-bond acceptors (Lipinski definition) is 4. The molecule has 5 heteroatoms. The summed E-state index contributed by atoms with van der Waals surface area (Å²) in [6.45, 7) is 10.7. The summed E-state index contributed by atoms with van der Waals surface area (Å²) in [5.41, 5.74) is 6.07. The molecule has 0 aromatic carbocycles. The van der Waals surface area contributed by atoms with Crippen molar-refractivity contribution in [2.24, 2.45) is 17.6 Å². The van der Waals surface area contributed by atoms with Gasteiger partial charge in [-0.25, -0.2) is 0 Å². The lowest BCUT2D eigenvalue weighted by Crippen LogP contribution is -2.55. The van der Waals surface area contributed by atoms with Crippen molar-refractivity contribution in [2.45, 2.75) is 39.2 Å². The quantitative estimate of drug-likeness (QED) is 0.820. The monoisotopic (exact) mass is 297 g/mol. The first-order valence-electron chi connectivity index (χ1n) is 8.46. The Kier molecular flexibility index (Phi) is 6.45. The third-order valence-corrected chi connectivity index (χ3v) is 5.08. The predicted molar refractivity (Wildman–Crippen MR) is 84.0 cm³/mol. The zero-order valence-corrected chi connectivity index (χ0v) is 13.6. The number of rotatable bonds is 5. The van der Waals surface area contributed by atoms with Crippen LogP contribution in [0.2, 0.25) is 0 Å². The van der Waals surface area contributed by atoms with E-state index in [2.05, 4.69) is 18.7 Å². The maximum atomic E-state index is 12.4. The van der Waals surface area contributed by atoms with Gasteiger partial charge in [-0.05, 0) is 24.7 Å². The van der Waals surface area contributed by atoms with Crippen LogP contribution in [0, 0.1) is 11.8 Å². The third kappa shape index (κ3) is 4.66. The van der Waals surface area contributed by atoms with Gasteiger partial charge in [-0.1, -0.05) is 20.3 Å². The average molecular weight is 297 g/mol. The lowest BCUT2D eigenvalue weighted by atomic mass is 9.98. The number of nitrogens with zero attached hydrogens (tertiary/aromatic N) is 2. The normalized spacial score (nSPS) is 24.8. The summed E-state index contributed by atoms with van der Waals surface area (Å²) in [6, 6.07) is -0.336. The van der Waals surface area contributed by atoms with Crippen molar-refractivity contribution in [3.8, 4) is 0 Å². The van der Waals surface area contributed by atoms with Crippen LogP contribution in [0.1, 0.15) is 33.1 Å². The van der Waals surface area contributed by atoms with E-state index in [1.54, 1.807) is 0 Å². The molecule has 2 heterocycles. The van der Waals surface area contributed by atoms with Crippen molar-refractivity contribution in [1.29, 1.82) is 0 Å². The highest BCUT2D eigenvalue weighted by molar-refractivity contribution is 5.82. The average Bonchev–Trinajstić information content (AvgIpc) is 2.54. The molecule has 0 aliphatic carbocycles. The zero-order valence-electron chi connectivity index (χ0n) is 13.6. The molecule has 0 saturated carbocycles. The van der Waals surface area contributed by atoms with Crippen molar-refractivity contribution < 1.29 is 9.53 Å². The first-order chi connectivity index (χ1) is 10.1. The lowest BCUT2D eigenvalue weighted by molar-refractivity contribution is -0.135. The Hall–Kier alpha value is -0.650. The molecule has 0 radical (unpaired) electrons. The highest BCUT2D eigenvalue weighted by Gasteiger charge is 2.28. The summed E-state index contributed by atoms with van der Waals surface area (Å²) >= 11 is 0. The largest absolute Gasteiger partial charge is 0.381 e. The van der Waals surface area contributed by atoms with E-state index in [1.165, 1.54) is 12.8 Å². The fourth-order valence-electron chi connectivity index (χ4n) is 3.15. The summed E-state index contributed by atoms with van der Waals surface area (Å²) in [7, 11) is 0. The number of amides is 1. The van der Waals surface area contributed by atoms with Crippen molar-refractivity contribution in [3.05, 3.63) is 0 Å². The van der Waals surface area contributed by atoms with Gasteiger partial charge in [-0.3, -0.25) is 9.69 Å². The van der Waals surface area contributed by atoms with Gasteiger partial charge in [-0.15, -0.1) is 0 Å². The Labute approximate surface area is 128 Å². The lowest BCUT2D eigenvalue weighted by Gasteiger charge is -2.38. The van der Waals surface area contributed by atoms with Gasteiger partial charge in [0.25, 0.3) is 0 Å². The molecule has 0 spiro atoms. The summed E-state index contributed by atoms with van der Waals surface area (Å²) in [5, 5.41) is 0. The second kappa shape index (κ2) is 8.11. The van der Waals surface area contributed by atoms with Crippen LogP contribution in [0.5, 0.6) is 0 Å².